The van der Waals surface area contributed by atoms with Gasteiger partial charge in [-0.2, -0.15) is 0 Å². The number of hydrogen-bond acceptors (Lipinski definition) is 5. The number of aromatic hydroxyl groups is 1. The number of primary amides is 2. The summed E-state index contributed by atoms with van der Waals surface area (Å²) in [5.41, 5.74) is 10.5. The summed E-state index contributed by atoms with van der Waals surface area (Å²) >= 11 is 0. The number of rotatable bonds is 4. The van der Waals surface area contributed by atoms with E-state index in [1.165, 1.54) is 0 Å². The molecule has 10 heteroatoms. The van der Waals surface area contributed by atoms with Crippen molar-refractivity contribution in [3.8, 4) is 16.9 Å². The SMILES string of the molecule is NC(N)=O.O=C(Nc1cc([N+](=O)[O-])ccc1O)Nc1ccccc1-c1ccccc1. The highest BCUT2D eigenvalue weighted by molar-refractivity contribution is 6.03. The Balaban J connectivity index is 0.000000735. The summed E-state index contributed by atoms with van der Waals surface area (Å²) in [6.07, 6.45) is 0. The number of phenolic OH excluding ortho intramolecular Hbond substituents is 1. The molecule has 4 amide bonds. The van der Waals surface area contributed by atoms with E-state index >= 15 is 0 Å². The molecule has 0 aliphatic heterocycles. The van der Waals surface area contributed by atoms with E-state index in [9.17, 15) is 20.0 Å². The monoisotopic (exact) mass is 409 g/mol. The van der Waals surface area contributed by atoms with Crippen LogP contribution in [0.15, 0.2) is 72.8 Å². The van der Waals surface area contributed by atoms with Crippen LogP contribution in [0.4, 0.5) is 26.7 Å². The molecule has 7 N–H and O–H groups in total. The van der Waals surface area contributed by atoms with Gasteiger partial charge in [0, 0.05) is 17.7 Å². The number of carbonyl (C=O) groups excluding carboxylic acids is 2. The molecule has 0 fully saturated rings. The van der Waals surface area contributed by atoms with E-state index in [-0.39, 0.29) is 17.1 Å². The third-order valence-electron chi connectivity index (χ3n) is 3.70. The number of amides is 4. The van der Waals surface area contributed by atoms with Gasteiger partial charge in [-0.1, -0.05) is 48.5 Å². The molecule has 0 saturated carbocycles. The number of para-hydroxylation sites is 1. The number of non-ortho nitro benzene ring substituents is 1. The molecule has 0 unspecified atom stereocenters. The number of anilines is 2. The van der Waals surface area contributed by atoms with Gasteiger partial charge in [-0.3, -0.25) is 10.1 Å². The predicted octanol–water partition coefficient (Wildman–Crippen LogP) is 3.64. The summed E-state index contributed by atoms with van der Waals surface area (Å²) in [7, 11) is 0. The molecule has 0 saturated heterocycles. The third-order valence-corrected chi connectivity index (χ3v) is 3.70. The zero-order valence-corrected chi connectivity index (χ0v) is 15.6. The Morgan fingerprint density at radius 1 is 0.867 bits per heavy atom. The molecular weight excluding hydrogens is 390 g/mol. The summed E-state index contributed by atoms with van der Waals surface area (Å²) < 4.78 is 0. The quantitative estimate of drug-likeness (QED) is 0.251. The number of phenols is 1. The van der Waals surface area contributed by atoms with Crippen LogP contribution in [-0.4, -0.2) is 22.1 Å². The largest absolute Gasteiger partial charge is 0.506 e. The molecule has 0 spiro atoms. The molecule has 3 aromatic carbocycles. The second kappa shape index (κ2) is 10.1. The van der Waals surface area contributed by atoms with Gasteiger partial charge in [0.05, 0.1) is 16.3 Å². The molecule has 10 nitrogen and oxygen atoms in total. The van der Waals surface area contributed by atoms with Crippen LogP contribution >= 0.6 is 0 Å². The molecule has 30 heavy (non-hydrogen) atoms. The molecule has 0 aromatic heterocycles. The number of nitrogens with two attached hydrogens (primary N) is 2. The van der Waals surface area contributed by atoms with Crippen LogP contribution < -0.4 is 22.1 Å². The highest BCUT2D eigenvalue weighted by Gasteiger charge is 2.14. The van der Waals surface area contributed by atoms with Crippen LogP contribution in [-0.2, 0) is 0 Å². The van der Waals surface area contributed by atoms with Crippen LogP contribution in [0.25, 0.3) is 11.1 Å². The lowest BCUT2D eigenvalue weighted by Crippen LogP contribution is -2.20. The normalized spacial score (nSPS) is 9.60. The number of nitrogens with zero attached hydrogens (tertiary/aromatic N) is 1. The Kier molecular flexibility index (Phi) is 7.29. The van der Waals surface area contributed by atoms with Crippen molar-refractivity contribution in [2.45, 2.75) is 0 Å². The number of carbonyl (C=O) groups is 2. The first kappa shape index (κ1) is 21.7. The van der Waals surface area contributed by atoms with Gasteiger partial charge >= 0.3 is 12.1 Å². The Hall–Kier alpha value is -4.60. The predicted molar refractivity (Wildman–Crippen MR) is 113 cm³/mol. The fourth-order valence-electron chi connectivity index (χ4n) is 2.48. The minimum atomic E-state index is -0.833. The Morgan fingerprint density at radius 2 is 1.43 bits per heavy atom. The molecule has 0 radical (unpaired) electrons. The average molecular weight is 409 g/mol. The van der Waals surface area contributed by atoms with E-state index in [4.69, 9.17) is 4.79 Å². The molecule has 0 heterocycles. The summed E-state index contributed by atoms with van der Waals surface area (Å²) in [5.74, 6) is -0.262. The summed E-state index contributed by atoms with van der Waals surface area (Å²) in [5, 5.41) is 25.8. The van der Waals surface area contributed by atoms with Crippen molar-refractivity contribution in [1.29, 1.82) is 0 Å². The first-order valence-electron chi connectivity index (χ1n) is 8.52. The van der Waals surface area contributed by atoms with Crippen molar-refractivity contribution in [3.05, 3.63) is 82.9 Å². The topological polar surface area (TPSA) is 174 Å². The highest BCUT2D eigenvalue weighted by Crippen LogP contribution is 2.30. The maximum atomic E-state index is 12.3. The lowest BCUT2D eigenvalue weighted by Gasteiger charge is -2.12. The Labute approximate surface area is 171 Å². The number of nitro benzene ring substituents is 1. The molecule has 0 aliphatic carbocycles. The second-order valence-corrected chi connectivity index (χ2v) is 5.85. The van der Waals surface area contributed by atoms with Crippen LogP contribution in [0.2, 0.25) is 0 Å². The van der Waals surface area contributed by atoms with Crippen molar-refractivity contribution >= 4 is 29.1 Å². The zero-order valence-electron chi connectivity index (χ0n) is 15.6. The minimum absolute atomic E-state index is 0.0473. The number of nitrogens with one attached hydrogen (secondary N) is 2. The molecule has 3 aromatic rings. The molecule has 0 atom stereocenters. The van der Waals surface area contributed by atoms with E-state index in [1.54, 1.807) is 12.1 Å². The van der Waals surface area contributed by atoms with Crippen LogP contribution in [0.3, 0.4) is 0 Å². The van der Waals surface area contributed by atoms with Gasteiger partial charge in [-0.25, -0.2) is 9.59 Å². The smallest absolute Gasteiger partial charge is 0.323 e. The van der Waals surface area contributed by atoms with Crippen molar-refractivity contribution in [3.63, 3.8) is 0 Å². The summed E-state index contributed by atoms with van der Waals surface area (Å²) in [6.45, 7) is 0. The van der Waals surface area contributed by atoms with Crippen molar-refractivity contribution in [2.24, 2.45) is 11.5 Å². The number of urea groups is 2. The fraction of sp³-hybridized carbons (Fsp3) is 0. The molecule has 154 valence electrons. The van der Waals surface area contributed by atoms with E-state index in [0.717, 1.165) is 29.3 Å². The van der Waals surface area contributed by atoms with Crippen molar-refractivity contribution in [2.75, 3.05) is 10.6 Å². The van der Waals surface area contributed by atoms with Crippen LogP contribution in [0, 0.1) is 10.1 Å². The van der Waals surface area contributed by atoms with Gasteiger partial charge < -0.3 is 27.2 Å². The maximum Gasteiger partial charge on any atom is 0.323 e. The van der Waals surface area contributed by atoms with Gasteiger partial charge in [0.2, 0.25) is 0 Å². The van der Waals surface area contributed by atoms with Crippen LogP contribution in [0.5, 0.6) is 5.75 Å². The van der Waals surface area contributed by atoms with Gasteiger partial charge in [-0.05, 0) is 17.7 Å². The first-order valence-corrected chi connectivity index (χ1v) is 8.52. The molecular formula is C20H19N5O5. The minimum Gasteiger partial charge on any atom is -0.506 e. The lowest BCUT2D eigenvalue weighted by atomic mass is 10.0. The van der Waals surface area contributed by atoms with E-state index in [2.05, 4.69) is 22.1 Å². The first-order chi connectivity index (χ1) is 14.3. The van der Waals surface area contributed by atoms with Gasteiger partial charge in [0.25, 0.3) is 5.69 Å². The number of benzene rings is 3. The van der Waals surface area contributed by atoms with Crippen LogP contribution in [0.1, 0.15) is 0 Å². The van der Waals surface area contributed by atoms with Gasteiger partial charge in [0.15, 0.2) is 0 Å². The van der Waals surface area contributed by atoms with E-state index < -0.39 is 17.0 Å². The summed E-state index contributed by atoms with van der Waals surface area (Å²) in [4.78, 5) is 31.5. The Bertz CT molecular complexity index is 1050. The number of nitro groups is 1. The second-order valence-electron chi connectivity index (χ2n) is 5.85. The molecule has 0 aliphatic rings. The number of hydrogen-bond donors (Lipinski definition) is 5. The standard InChI is InChI=1S/C19H15N3O4.CH4N2O/c23-18-11-10-14(22(25)26)12-17(18)21-19(24)20-16-9-5-4-8-15(16)13-6-2-1-3-7-13;2-1(3)4/h1-12,23H,(H2,20,21,24);(H4,2,3,4). The van der Waals surface area contributed by atoms with E-state index in [1.807, 2.05) is 42.5 Å². The summed E-state index contributed by atoms with van der Waals surface area (Å²) in [6, 6.07) is 18.7. The van der Waals surface area contributed by atoms with Gasteiger partial charge in [0.1, 0.15) is 5.75 Å². The zero-order chi connectivity index (χ0) is 22.1. The fourth-order valence-corrected chi connectivity index (χ4v) is 2.48. The third kappa shape index (κ3) is 6.23. The Morgan fingerprint density at radius 3 is 2.07 bits per heavy atom. The average Bonchev–Trinajstić information content (AvgIpc) is 2.70. The van der Waals surface area contributed by atoms with Crippen molar-refractivity contribution in [1.82, 2.24) is 0 Å². The van der Waals surface area contributed by atoms with Crippen molar-refractivity contribution < 1.29 is 19.6 Å². The maximum absolute atomic E-state index is 12.3. The molecule has 0 bridgehead atoms. The van der Waals surface area contributed by atoms with Gasteiger partial charge in [-0.15, -0.1) is 0 Å². The molecule has 3 rings (SSSR count). The van der Waals surface area contributed by atoms with E-state index in [0.29, 0.717) is 5.69 Å². The highest BCUT2D eigenvalue weighted by atomic mass is 16.6. The lowest BCUT2D eigenvalue weighted by molar-refractivity contribution is -0.384.